The lowest BCUT2D eigenvalue weighted by Crippen LogP contribution is -2.49. The van der Waals surface area contributed by atoms with E-state index in [0.29, 0.717) is 0 Å². The number of ether oxygens (including phenoxy) is 1. The Bertz CT molecular complexity index is 722. The molecule has 0 N–H and O–H groups in total. The van der Waals surface area contributed by atoms with Gasteiger partial charge in [-0.3, -0.25) is 9.78 Å². The standard InChI is InChI=1S/C18H22N4O2S/c1-2-3-16-17(25-21-20-16)18(23)22-12-4-5-13(22)11-15(10-12)24-14-6-8-19-9-7-14/h6-9,12-13,15H,2-5,10-11H2,1H3. The van der Waals surface area contributed by atoms with E-state index in [0.717, 1.165) is 54.8 Å². The summed E-state index contributed by atoms with van der Waals surface area (Å²) in [6.07, 6.45) is 9.33. The predicted octanol–water partition coefficient (Wildman–Crippen LogP) is 3.10. The van der Waals surface area contributed by atoms with Gasteiger partial charge in [-0.15, -0.1) is 5.10 Å². The summed E-state index contributed by atoms with van der Waals surface area (Å²) < 4.78 is 10.1. The summed E-state index contributed by atoms with van der Waals surface area (Å²) in [6, 6.07) is 4.29. The average Bonchev–Trinajstić information content (AvgIpc) is 3.18. The zero-order chi connectivity index (χ0) is 17.2. The van der Waals surface area contributed by atoms with Crippen molar-refractivity contribution in [3.05, 3.63) is 35.1 Å². The summed E-state index contributed by atoms with van der Waals surface area (Å²) in [5.41, 5.74) is 0.854. The summed E-state index contributed by atoms with van der Waals surface area (Å²) >= 11 is 1.24. The minimum Gasteiger partial charge on any atom is -0.490 e. The smallest absolute Gasteiger partial charge is 0.268 e. The Morgan fingerprint density at radius 2 is 2.00 bits per heavy atom. The largest absolute Gasteiger partial charge is 0.490 e. The van der Waals surface area contributed by atoms with Crippen LogP contribution in [0.25, 0.3) is 0 Å². The molecule has 1 amide bonds. The number of piperidine rings is 1. The third-order valence-corrected chi connectivity index (χ3v) is 5.87. The monoisotopic (exact) mass is 358 g/mol. The minimum atomic E-state index is 0.119. The van der Waals surface area contributed by atoms with Crippen LogP contribution in [0.5, 0.6) is 5.75 Å². The molecular formula is C18H22N4O2S. The van der Waals surface area contributed by atoms with E-state index in [4.69, 9.17) is 4.74 Å². The van der Waals surface area contributed by atoms with E-state index < -0.39 is 0 Å². The van der Waals surface area contributed by atoms with Crippen LogP contribution in [0.4, 0.5) is 0 Å². The van der Waals surface area contributed by atoms with Crippen LogP contribution in [0.15, 0.2) is 24.5 Å². The molecule has 0 aliphatic carbocycles. The van der Waals surface area contributed by atoms with E-state index in [9.17, 15) is 4.79 Å². The predicted molar refractivity (Wildman–Crippen MR) is 94.8 cm³/mol. The van der Waals surface area contributed by atoms with Crippen LogP contribution in [0.3, 0.4) is 0 Å². The maximum absolute atomic E-state index is 13.1. The zero-order valence-corrected chi connectivity index (χ0v) is 15.1. The number of aryl methyl sites for hydroxylation is 1. The molecule has 0 saturated carbocycles. The Balaban J connectivity index is 1.47. The van der Waals surface area contributed by atoms with Gasteiger partial charge in [-0.05, 0) is 42.9 Å². The van der Waals surface area contributed by atoms with Gasteiger partial charge in [0.05, 0.1) is 5.69 Å². The number of hydrogen-bond donors (Lipinski definition) is 0. The fraction of sp³-hybridized carbons (Fsp3) is 0.556. The van der Waals surface area contributed by atoms with E-state index in [1.807, 2.05) is 12.1 Å². The molecule has 2 unspecified atom stereocenters. The molecule has 0 spiro atoms. The van der Waals surface area contributed by atoms with Gasteiger partial charge in [0, 0.05) is 37.3 Å². The molecular weight excluding hydrogens is 336 g/mol. The highest BCUT2D eigenvalue weighted by Crippen LogP contribution is 2.38. The third-order valence-electron chi connectivity index (χ3n) is 5.11. The number of fused-ring (bicyclic) bond motifs is 2. The molecule has 132 valence electrons. The summed E-state index contributed by atoms with van der Waals surface area (Å²) in [5.74, 6) is 0.976. The summed E-state index contributed by atoms with van der Waals surface area (Å²) in [6.45, 7) is 2.10. The fourth-order valence-electron chi connectivity index (χ4n) is 4.05. The first-order valence-corrected chi connectivity index (χ1v) is 9.74. The Hall–Kier alpha value is -2.02. The first-order valence-electron chi connectivity index (χ1n) is 8.96. The second kappa shape index (κ2) is 7.07. The van der Waals surface area contributed by atoms with Crippen LogP contribution in [0.1, 0.15) is 54.4 Å². The highest BCUT2D eigenvalue weighted by atomic mass is 32.1. The number of hydrogen-bond acceptors (Lipinski definition) is 6. The van der Waals surface area contributed by atoms with Gasteiger partial charge in [0.25, 0.3) is 5.91 Å². The van der Waals surface area contributed by atoms with Gasteiger partial charge in [0.1, 0.15) is 16.7 Å². The molecule has 6 nitrogen and oxygen atoms in total. The highest BCUT2D eigenvalue weighted by molar-refractivity contribution is 7.08. The molecule has 2 saturated heterocycles. The molecule has 0 aromatic carbocycles. The number of amides is 1. The number of nitrogens with zero attached hydrogens (tertiary/aromatic N) is 4. The van der Waals surface area contributed by atoms with Gasteiger partial charge < -0.3 is 9.64 Å². The van der Waals surface area contributed by atoms with E-state index in [-0.39, 0.29) is 24.1 Å². The van der Waals surface area contributed by atoms with Crippen LogP contribution in [0, 0.1) is 0 Å². The van der Waals surface area contributed by atoms with Crippen molar-refractivity contribution in [2.45, 2.75) is 63.6 Å². The van der Waals surface area contributed by atoms with Crippen molar-refractivity contribution in [2.75, 3.05) is 0 Å². The van der Waals surface area contributed by atoms with Crippen molar-refractivity contribution < 1.29 is 9.53 Å². The Morgan fingerprint density at radius 3 is 2.68 bits per heavy atom. The van der Waals surface area contributed by atoms with Gasteiger partial charge >= 0.3 is 0 Å². The number of carbonyl (C=O) groups is 1. The van der Waals surface area contributed by atoms with Gasteiger partial charge in [0.2, 0.25) is 0 Å². The minimum absolute atomic E-state index is 0.119. The van der Waals surface area contributed by atoms with E-state index >= 15 is 0 Å². The maximum Gasteiger partial charge on any atom is 0.268 e. The van der Waals surface area contributed by atoms with Crippen molar-refractivity contribution >= 4 is 17.4 Å². The van der Waals surface area contributed by atoms with Crippen molar-refractivity contribution in [1.29, 1.82) is 0 Å². The summed E-state index contributed by atoms with van der Waals surface area (Å²) in [5, 5.41) is 4.15. The van der Waals surface area contributed by atoms with E-state index in [1.54, 1.807) is 12.4 Å². The maximum atomic E-state index is 13.1. The van der Waals surface area contributed by atoms with Gasteiger partial charge in [-0.1, -0.05) is 17.8 Å². The Morgan fingerprint density at radius 1 is 1.28 bits per heavy atom. The van der Waals surface area contributed by atoms with Crippen molar-refractivity contribution in [2.24, 2.45) is 0 Å². The molecule has 2 atom stereocenters. The summed E-state index contributed by atoms with van der Waals surface area (Å²) in [7, 11) is 0. The first kappa shape index (κ1) is 16.4. The molecule has 7 heteroatoms. The summed E-state index contributed by atoms with van der Waals surface area (Å²) in [4.78, 5) is 19.9. The molecule has 0 radical (unpaired) electrons. The number of aromatic nitrogens is 3. The van der Waals surface area contributed by atoms with Crippen molar-refractivity contribution in [3.63, 3.8) is 0 Å². The quantitative estimate of drug-likeness (QED) is 0.821. The Kier molecular flexibility index (Phi) is 4.65. The van der Waals surface area contributed by atoms with Crippen LogP contribution < -0.4 is 4.74 Å². The van der Waals surface area contributed by atoms with Crippen molar-refractivity contribution in [3.8, 4) is 5.75 Å². The lowest BCUT2D eigenvalue weighted by atomic mass is 9.99. The topological polar surface area (TPSA) is 68.2 Å². The van der Waals surface area contributed by atoms with Crippen LogP contribution in [0.2, 0.25) is 0 Å². The van der Waals surface area contributed by atoms with Crippen LogP contribution in [-0.4, -0.2) is 43.6 Å². The number of rotatable bonds is 5. The normalized spacial score (nSPS) is 25.2. The lowest BCUT2D eigenvalue weighted by Gasteiger charge is -2.38. The fourth-order valence-corrected chi connectivity index (χ4v) is 4.71. The molecule has 2 aromatic rings. The molecule has 4 heterocycles. The first-order chi connectivity index (χ1) is 12.3. The van der Waals surface area contributed by atoms with Crippen LogP contribution >= 0.6 is 11.5 Å². The Labute approximate surface area is 151 Å². The molecule has 2 aliphatic heterocycles. The van der Waals surface area contributed by atoms with Crippen LogP contribution in [-0.2, 0) is 6.42 Å². The molecule has 2 bridgehead atoms. The van der Waals surface area contributed by atoms with Gasteiger partial charge in [0.15, 0.2) is 0 Å². The molecule has 25 heavy (non-hydrogen) atoms. The highest BCUT2D eigenvalue weighted by Gasteiger charge is 2.45. The number of carbonyl (C=O) groups excluding carboxylic acids is 1. The average molecular weight is 358 g/mol. The van der Waals surface area contributed by atoms with Gasteiger partial charge in [-0.2, -0.15) is 0 Å². The third kappa shape index (κ3) is 3.25. The second-order valence-corrected chi connectivity index (χ2v) is 7.54. The molecule has 2 fully saturated rings. The molecule has 4 rings (SSSR count). The van der Waals surface area contributed by atoms with E-state index in [2.05, 4.69) is 26.4 Å². The van der Waals surface area contributed by atoms with E-state index in [1.165, 1.54) is 11.5 Å². The SMILES string of the molecule is CCCc1nnsc1C(=O)N1C2CCC1CC(Oc1ccncc1)C2. The van der Waals surface area contributed by atoms with Gasteiger partial charge in [-0.25, -0.2) is 0 Å². The number of pyridine rings is 1. The molecule has 2 aromatic heterocycles. The molecule has 2 aliphatic rings. The second-order valence-electron chi connectivity index (χ2n) is 6.79. The van der Waals surface area contributed by atoms with Crippen molar-refractivity contribution in [1.82, 2.24) is 19.5 Å². The lowest BCUT2D eigenvalue weighted by molar-refractivity contribution is 0.0362. The zero-order valence-electron chi connectivity index (χ0n) is 14.3.